The van der Waals surface area contributed by atoms with Gasteiger partial charge in [-0.25, -0.2) is 4.98 Å². The Hall–Kier alpha value is -3.17. The molecule has 0 fully saturated rings. The topological polar surface area (TPSA) is 82.7 Å². The van der Waals surface area contributed by atoms with E-state index in [9.17, 15) is 4.79 Å². The molecule has 2 aromatic carbocycles. The van der Waals surface area contributed by atoms with E-state index in [4.69, 9.17) is 10.2 Å². The van der Waals surface area contributed by atoms with Gasteiger partial charge in [0.1, 0.15) is 5.82 Å². The third-order valence-corrected chi connectivity index (χ3v) is 4.25. The van der Waals surface area contributed by atoms with Crippen LogP contribution in [0.1, 0.15) is 31.3 Å². The third kappa shape index (κ3) is 3.73. The maximum absolute atomic E-state index is 12.2. The predicted octanol–water partition coefficient (Wildman–Crippen LogP) is 3.22. The van der Waals surface area contributed by atoms with E-state index in [0.717, 1.165) is 23.4 Å². The lowest BCUT2D eigenvalue weighted by Gasteiger charge is -2.15. The fourth-order valence-electron chi connectivity index (χ4n) is 2.93. The van der Waals surface area contributed by atoms with Crippen LogP contribution in [0.3, 0.4) is 0 Å². The van der Waals surface area contributed by atoms with Gasteiger partial charge < -0.3 is 9.88 Å². The van der Waals surface area contributed by atoms with Crippen LogP contribution in [-0.4, -0.2) is 22.0 Å². The average Bonchev–Trinajstić information content (AvgIpc) is 3.05. The first-order valence-corrected chi connectivity index (χ1v) is 8.61. The number of nitrogens with one attached hydrogen (secondary N) is 2. The van der Waals surface area contributed by atoms with Crippen molar-refractivity contribution >= 4 is 22.6 Å². The Labute approximate surface area is 152 Å². The predicted molar refractivity (Wildman–Crippen MR) is 102 cm³/mol. The Morgan fingerprint density at radius 1 is 1.23 bits per heavy atom. The van der Waals surface area contributed by atoms with Gasteiger partial charge in [0.2, 0.25) is 5.91 Å². The molecule has 3 rings (SSSR count). The molecule has 26 heavy (non-hydrogen) atoms. The summed E-state index contributed by atoms with van der Waals surface area (Å²) in [5.74, 6) is 0.778. The van der Waals surface area contributed by atoms with E-state index in [0.29, 0.717) is 11.3 Å². The number of nitriles is 1. The van der Waals surface area contributed by atoms with Gasteiger partial charge >= 0.3 is 0 Å². The Kier molecular flexibility index (Phi) is 5.30. The van der Waals surface area contributed by atoms with Gasteiger partial charge in [-0.1, -0.05) is 12.1 Å². The van der Waals surface area contributed by atoms with Crippen molar-refractivity contribution in [2.24, 2.45) is 0 Å². The summed E-state index contributed by atoms with van der Waals surface area (Å²) in [6.45, 7) is 5.08. The second kappa shape index (κ2) is 7.81. The number of hydrogen-bond donors (Lipinski definition) is 2. The van der Waals surface area contributed by atoms with Crippen LogP contribution >= 0.6 is 0 Å². The second-order valence-corrected chi connectivity index (χ2v) is 6.04. The normalized spacial score (nSPS) is 11.9. The number of carbonyl (C=O) groups is 1. The first-order chi connectivity index (χ1) is 12.6. The van der Waals surface area contributed by atoms with Gasteiger partial charge in [-0.3, -0.25) is 10.1 Å². The standard InChI is InChI=1S/C20H21N5O/c1-3-25-18-7-5-4-6-17(18)24-20(25)14(2)22-13-19(26)23-16-10-8-15(12-21)9-11-16/h4-11,14,22H,3,13H2,1-2H3,(H,23,26)/t14-/m0/s1. The minimum atomic E-state index is -0.138. The number of para-hydroxylation sites is 2. The largest absolute Gasteiger partial charge is 0.327 e. The molecule has 0 aliphatic carbocycles. The number of anilines is 1. The molecule has 0 aliphatic rings. The monoisotopic (exact) mass is 347 g/mol. The van der Waals surface area contributed by atoms with Gasteiger partial charge in [-0.15, -0.1) is 0 Å². The number of rotatable bonds is 6. The number of aromatic nitrogens is 2. The molecule has 132 valence electrons. The van der Waals surface area contributed by atoms with Crippen LogP contribution in [0, 0.1) is 11.3 Å². The van der Waals surface area contributed by atoms with Crippen LogP contribution in [0.15, 0.2) is 48.5 Å². The highest BCUT2D eigenvalue weighted by atomic mass is 16.1. The lowest BCUT2D eigenvalue weighted by Crippen LogP contribution is -2.31. The minimum absolute atomic E-state index is 0.0611. The molecule has 1 amide bonds. The van der Waals surface area contributed by atoms with Crippen molar-refractivity contribution < 1.29 is 4.79 Å². The molecule has 0 saturated heterocycles. The summed E-state index contributed by atoms with van der Waals surface area (Å²) in [4.78, 5) is 16.9. The van der Waals surface area contributed by atoms with Crippen molar-refractivity contribution in [1.82, 2.24) is 14.9 Å². The van der Waals surface area contributed by atoms with Crippen LogP contribution in [0.2, 0.25) is 0 Å². The Morgan fingerprint density at radius 2 is 1.96 bits per heavy atom. The SMILES string of the molecule is CCn1c([C@H](C)NCC(=O)Nc2ccc(C#N)cc2)nc2ccccc21. The van der Waals surface area contributed by atoms with Gasteiger partial charge in [-0.05, 0) is 50.2 Å². The molecule has 1 aromatic heterocycles. The van der Waals surface area contributed by atoms with Crippen LogP contribution in [0.5, 0.6) is 0 Å². The molecule has 6 heteroatoms. The van der Waals surface area contributed by atoms with Crippen LogP contribution in [0.25, 0.3) is 11.0 Å². The van der Waals surface area contributed by atoms with Gasteiger partial charge in [0.15, 0.2) is 0 Å². The van der Waals surface area contributed by atoms with E-state index in [1.165, 1.54) is 0 Å². The number of amides is 1. The fourth-order valence-corrected chi connectivity index (χ4v) is 2.93. The van der Waals surface area contributed by atoms with Crippen molar-refractivity contribution in [2.75, 3.05) is 11.9 Å². The summed E-state index contributed by atoms with van der Waals surface area (Å²) >= 11 is 0. The molecule has 6 nitrogen and oxygen atoms in total. The quantitative estimate of drug-likeness (QED) is 0.717. The molecular weight excluding hydrogens is 326 g/mol. The van der Waals surface area contributed by atoms with Crippen LogP contribution in [-0.2, 0) is 11.3 Å². The van der Waals surface area contributed by atoms with Gasteiger partial charge in [0.05, 0.1) is 35.3 Å². The number of fused-ring (bicyclic) bond motifs is 1. The summed E-state index contributed by atoms with van der Waals surface area (Å²) in [7, 11) is 0. The smallest absolute Gasteiger partial charge is 0.238 e. The fraction of sp³-hybridized carbons (Fsp3) is 0.250. The van der Waals surface area contributed by atoms with Crippen molar-refractivity contribution in [1.29, 1.82) is 5.26 Å². The van der Waals surface area contributed by atoms with Crippen molar-refractivity contribution in [3.63, 3.8) is 0 Å². The molecule has 3 aromatic rings. The number of benzene rings is 2. The second-order valence-electron chi connectivity index (χ2n) is 6.04. The summed E-state index contributed by atoms with van der Waals surface area (Å²) < 4.78 is 2.16. The third-order valence-electron chi connectivity index (χ3n) is 4.25. The summed E-state index contributed by atoms with van der Waals surface area (Å²) in [5, 5.41) is 14.9. The number of hydrogen-bond acceptors (Lipinski definition) is 4. The van der Waals surface area contributed by atoms with Gasteiger partial charge in [-0.2, -0.15) is 5.26 Å². The molecule has 0 unspecified atom stereocenters. The maximum atomic E-state index is 12.2. The first-order valence-electron chi connectivity index (χ1n) is 8.61. The van der Waals surface area contributed by atoms with Crippen LogP contribution < -0.4 is 10.6 Å². The molecule has 2 N–H and O–H groups in total. The molecular formula is C20H21N5O. The molecule has 1 heterocycles. The minimum Gasteiger partial charge on any atom is -0.327 e. The zero-order valence-electron chi connectivity index (χ0n) is 14.9. The van der Waals surface area contributed by atoms with E-state index < -0.39 is 0 Å². The number of nitrogens with zero attached hydrogens (tertiary/aromatic N) is 3. The van der Waals surface area contributed by atoms with E-state index >= 15 is 0 Å². The zero-order chi connectivity index (χ0) is 18.5. The lowest BCUT2D eigenvalue weighted by atomic mass is 10.2. The Bertz CT molecular complexity index is 952. The molecule has 1 atom stereocenters. The number of imidazole rings is 1. The van der Waals surface area contributed by atoms with E-state index in [-0.39, 0.29) is 18.5 Å². The summed E-state index contributed by atoms with van der Waals surface area (Å²) in [5.41, 5.74) is 3.29. The Morgan fingerprint density at radius 3 is 2.65 bits per heavy atom. The van der Waals surface area contributed by atoms with Crippen LogP contribution in [0.4, 0.5) is 5.69 Å². The van der Waals surface area contributed by atoms with Gasteiger partial charge in [0, 0.05) is 12.2 Å². The van der Waals surface area contributed by atoms with E-state index in [1.807, 2.05) is 25.1 Å². The summed E-state index contributed by atoms with van der Waals surface area (Å²) in [6.07, 6.45) is 0. The highest BCUT2D eigenvalue weighted by Gasteiger charge is 2.16. The number of carbonyl (C=O) groups excluding carboxylic acids is 1. The molecule has 0 radical (unpaired) electrons. The highest BCUT2D eigenvalue weighted by Crippen LogP contribution is 2.20. The highest BCUT2D eigenvalue weighted by molar-refractivity contribution is 5.92. The molecule has 0 spiro atoms. The van der Waals surface area contributed by atoms with Crippen molar-refractivity contribution in [2.45, 2.75) is 26.4 Å². The number of aryl methyl sites for hydroxylation is 1. The lowest BCUT2D eigenvalue weighted by molar-refractivity contribution is -0.115. The Balaban J connectivity index is 1.64. The summed E-state index contributed by atoms with van der Waals surface area (Å²) in [6, 6.07) is 16.8. The van der Waals surface area contributed by atoms with Gasteiger partial charge in [0.25, 0.3) is 0 Å². The molecule has 0 saturated carbocycles. The average molecular weight is 347 g/mol. The maximum Gasteiger partial charge on any atom is 0.238 e. The first kappa shape index (κ1) is 17.6. The molecule has 0 aliphatic heterocycles. The van der Waals surface area contributed by atoms with Crippen molar-refractivity contribution in [3.8, 4) is 6.07 Å². The van der Waals surface area contributed by atoms with E-state index in [1.54, 1.807) is 24.3 Å². The van der Waals surface area contributed by atoms with Crippen molar-refractivity contribution in [3.05, 3.63) is 59.9 Å². The zero-order valence-corrected chi connectivity index (χ0v) is 14.9. The molecule has 0 bridgehead atoms. The van der Waals surface area contributed by atoms with E-state index in [2.05, 4.69) is 34.3 Å².